The molecule has 232 valence electrons. The number of nitrogens with zero attached hydrogens (tertiary/aromatic N) is 2. The molecule has 0 saturated heterocycles. The largest absolute Gasteiger partial charge is 0.493 e. The van der Waals surface area contributed by atoms with E-state index in [-0.39, 0.29) is 28.8 Å². The highest BCUT2D eigenvalue weighted by atomic mass is 35.5. The molecule has 3 aromatic rings. The molecule has 3 rings (SSSR count). The number of anilines is 1. The molecule has 0 heterocycles. The first-order valence-corrected chi connectivity index (χ1v) is 16.0. The van der Waals surface area contributed by atoms with Crippen molar-refractivity contribution in [2.45, 2.75) is 57.5 Å². The molecule has 11 heteroatoms. The van der Waals surface area contributed by atoms with E-state index in [2.05, 4.69) is 5.32 Å². The summed E-state index contributed by atoms with van der Waals surface area (Å²) in [5, 5.41) is 3.34. The Morgan fingerprint density at radius 3 is 2.16 bits per heavy atom. The molecule has 0 aliphatic heterocycles. The normalized spacial score (nSPS) is 11.9. The minimum Gasteiger partial charge on any atom is -0.493 e. The molecule has 1 atom stereocenters. The number of methoxy groups -OCH3 is 2. The van der Waals surface area contributed by atoms with Crippen LogP contribution in [0.4, 0.5) is 5.69 Å². The summed E-state index contributed by atoms with van der Waals surface area (Å²) in [7, 11) is -1.43. The van der Waals surface area contributed by atoms with Gasteiger partial charge in [0.2, 0.25) is 11.8 Å². The maximum absolute atomic E-state index is 14.2. The first kappa shape index (κ1) is 33.7. The van der Waals surface area contributed by atoms with Crippen LogP contribution >= 0.6 is 11.6 Å². The predicted octanol–water partition coefficient (Wildman–Crippen LogP) is 5.58. The van der Waals surface area contributed by atoms with Crippen LogP contribution in [0.25, 0.3) is 0 Å². The Hall–Kier alpha value is -3.76. The summed E-state index contributed by atoms with van der Waals surface area (Å²) in [5.74, 6) is -0.226. The summed E-state index contributed by atoms with van der Waals surface area (Å²) < 4.78 is 39.9. The molecule has 1 N–H and O–H groups in total. The Labute approximate surface area is 259 Å². The fourth-order valence-corrected chi connectivity index (χ4v) is 6.11. The van der Waals surface area contributed by atoms with Crippen LogP contribution in [0.5, 0.6) is 11.5 Å². The Bertz CT molecular complexity index is 1480. The van der Waals surface area contributed by atoms with Gasteiger partial charge in [0.15, 0.2) is 11.5 Å². The fraction of sp³-hybridized carbons (Fsp3) is 0.375. The van der Waals surface area contributed by atoms with Crippen LogP contribution in [0.15, 0.2) is 71.6 Å². The lowest BCUT2D eigenvalue weighted by molar-refractivity contribution is -0.140. The van der Waals surface area contributed by atoms with E-state index in [1.807, 2.05) is 45.0 Å². The van der Waals surface area contributed by atoms with Crippen molar-refractivity contribution in [2.24, 2.45) is 0 Å². The molecule has 0 radical (unpaired) electrons. The standard InChI is InChI=1S/C32H40ClN3O6S/c1-6-8-19-34-32(38)28(7-2)35(21-24-11-9-23(3)10-12-24)31(37)22-36(26-15-13-25(33)14-16-26)43(39,40)27-17-18-29(41-4)30(20-27)42-5/h9-18,20,28H,6-8,19,21-22H2,1-5H3,(H,34,38). The smallest absolute Gasteiger partial charge is 0.264 e. The number of carbonyl (C=O) groups is 2. The number of hydrogen-bond donors (Lipinski definition) is 1. The van der Waals surface area contributed by atoms with Crippen LogP contribution in [0, 0.1) is 6.92 Å². The van der Waals surface area contributed by atoms with E-state index in [0.717, 1.165) is 28.3 Å². The minimum atomic E-state index is -4.30. The van der Waals surface area contributed by atoms with E-state index in [4.69, 9.17) is 21.1 Å². The van der Waals surface area contributed by atoms with E-state index in [0.29, 0.717) is 23.7 Å². The van der Waals surface area contributed by atoms with Gasteiger partial charge in [-0.05, 0) is 61.7 Å². The summed E-state index contributed by atoms with van der Waals surface area (Å²) in [4.78, 5) is 28.8. The Kier molecular flexibility index (Phi) is 12.3. The van der Waals surface area contributed by atoms with E-state index in [9.17, 15) is 18.0 Å². The maximum Gasteiger partial charge on any atom is 0.264 e. The first-order chi connectivity index (χ1) is 20.5. The quantitative estimate of drug-likeness (QED) is 0.220. The Morgan fingerprint density at radius 1 is 0.930 bits per heavy atom. The third-order valence-corrected chi connectivity index (χ3v) is 9.05. The van der Waals surface area contributed by atoms with Gasteiger partial charge in [0.1, 0.15) is 12.6 Å². The van der Waals surface area contributed by atoms with Gasteiger partial charge in [0, 0.05) is 24.2 Å². The number of ether oxygens (including phenoxy) is 2. The summed E-state index contributed by atoms with van der Waals surface area (Å²) in [6.45, 7) is 5.89. The van der Waals surface area contributed by atoms with Gasteiger partial charge >= 0.3 is 0 Å². The van der Waals surface area contributed by atoms with Crippen molar-refractivity contribution in [3.05, 3.63) is 82.9 Å². The number of aryl methyl sites for hydroxylation is 1. The van der Waals surface area contributed by atoms with Crippen molar-refractivity contribution in [1.82, 2.24) is 10.2 Å². The molecule has 0 spiro atoms. The van der Waals surface area contributed by atoms with Gasteiger partial charge in [-0.25, -0.2) is 8.42 Å². The van der Waals surface area contributed by atoms with Crippen molar-refractivity contribution in [3.8, 4) is 11.5 Å². The first-order valence-electron chi connectivity index (χ1n) is 14.2. The number of unbranched alkanes of at least 4 members (excludes halogenated alkanes) is 1. The number of amides is 2. The molecule has 0 fully saturated rings. The van der Waals surface area contributed by atoms with Gasteiger partial charge in [0.25, 0.3) is 10.0 Å². The lowest BCUT2D eigenvalue weighted by atomic mass is 10.1. The molecule has 43 heavy (non-hydrogen) atoms. The highest BCUT2D eigenvalue weighted by Gasteiger charge is 2.34. The van der Waals surface area contributed by atoms with E-state index < -0.39 is 28.5 Å². The molecular weight excluding hydrogens is 590 g/mol. The SMILES string of the molecule is CCCCNC(=O)C(CC)N(Cc1ccc(C)cc1)C(=O)CN(c1ccc(Cl)cc1)S(=O)(=O)c1ccc(OC)c(OC)c1. The molecule has 1 unspecified atom stereocenters. The number of nitrogens with one attached hydrogen (secondary N) is 1. The summed E-state index contributed by atoms with van der Waals surface area (Å²) in [5.41, 5.74) is 2.11. The molecule has 0 saturated carbocycles. The van der Waals surface area contributed by atoms with E-state index >= 15 is 0 Å². The van der Waals surface area contributed by atoms with E-state index in [1.165, 1.54) is 49.5 Å². The molecule has 0 bridgehead atoms. The second kappa shape index (κ2) is 15.6. The number of hydrogen-bond acceptors (Lipinski definition) is 6. The van der Waals surface area contributed by atoms with Crippen molar-refractivity contribution in [1.29, 1.82) is 0 Å². The molecule has 3 aromatic carbocycles. The molecule has 0 aliphatic carbocycles. The summed E-state index contributed by atoms with van der Waals surface area (Å²) in [6.07, 6.45) is 2.06. The molecule has 2 amide bonds. The average molecular weight is 630 g/mol. The Morgan fingerprint density at radius 2 is 1.58 bits per heavy atom. The van der Waals surface area contributed by atoms with Crippen LogP contribution in [0.2, 0.25) is 5.02 Å². The van der Waals surface area contributed by atoms with Crippen LogP contribution in [0.3, 0.4) is 0 Å². The van der Waals surface area contributed by atoms with Crippen molar-refractivity contribution < 1.29 is 27.5 Å². The zero-order valence-corrected chi connectivity index (χ0v) is 26.9. The average Bonchev–Trinajstić information content (AvgIpc) is 3.00. The van der Waals surface area contributed by atoms with Crippen molar-refractivity contribution >= 4 is 39.1 Å². The predicted molar refractivity (Wildman–Crippen MR) is 169 cm³/mol. The molecule has 0 aliphatic rings. The van der Waals surface area contributed by atoms with Crippen LogP contribution in [0.1, 0.15) is 44.2 Å². The molecular formula is C32H40ClN3O6S. The Balaban J connectivity index is 2.06. The highest BCUT2D eigenvalue weighted by molar-refractivity contribution is 7.92. The van der Waals surface area contributed by atoms with Gasteiger partial charge in [0.05, 0.1) is 24.8 Å². The summed E-state index contributed by atoms with van der Waals surface area (Å²) in [6, 6.07) is 17.3. The zero-order valence-electron chi connectivity index (χ0n) is 25.3. The number of halogens is 1. The second-order valence-corrected chi connectivity index (χ2v) is 12.4. The number of rotatable bonds is 15. The fourth-order valence-electron chi connectivity index (χ4n) is 4.56. The van der Waals surface area contributed by atoms with Gasteiger partial charge < -0.3 is 19.7 Å². The minimum absolute atomic E-state index is 0.0951. The zero-order chi connectivity index (χ0) is 31.6. The lowest BCUT2D eigenvalue weighted by Crippen LogP contribution is -2.52. The molecule has 9 nitrogen and oxygen atoms in total. The van der Waals surface area contributed by atoms with Crippen molar-refractivity contribution in [3.63, 3.8) is 0 Å². The molecule has 0 aromatic heterocycles. The monoisotopic (exact) mass is 629 g/mol. The number of carbonyl (C=O) groups excluding carboxylic acids is 2. The van der Waals surface area contributed by atoms with Crippen molar-refractivity contribution in [2.75, 3.05) is 31.6 Å². The number of benzene rings is 3. The number of sulfonamides is 1. The third-order valence-electron chi connectivity index (χ3n) is 7.03. The van der Waals surface area contributed by atoms with Gasteiger partial charge in [-0.2, -0.15) is 0 Å². The van der Waals surface area contributed by atoms with E-state index in [1.54, 1.807) is 12.1 Å². The van der Waals surface area contributed by atoms with Gasteiger partial charge in [-0.3, -0.25) is 13.9 Å². The third kappa shape index (κ3) is 8.64. The highest BCUT2D eigenvalue weighted by Crippen LogP contribution is 2.32. The van der Waals surface area contributed by atoms with Crippen LogP contribution in [-0.2, 0) is 26.2 Å². The van der Waals surface area contributed by atoms with Crippen LogP contribution in [-0.4, -0.2) is 58.5 Å². The van der Waals surface area contributed by atoms with Gasteiger partial charge in [-0.15, -0.1) is 0 Å². The summed E-state index contributed by atoms with van der Waals surface area (Å²) >= 11 is 6.11. The van der Waals surface area contributed by atoms with Crippen LogP contribution < -0.4 is 19.1 Å². The topological polar surface area (TPSA) is 105 Å². The second-order valence-electron chi connectivity index (χ2n) is 10.1. The lowest BCUT2D eigenvalue weighted by Gasteiger charge is -2.33. The van der Waals surface area contributed by atoms with Gasteiger partial charge in [-0.1, -0.05) is 61.7 Å². The maximum atomic E-state index is 14.2.